The number of pyridine rings is 2. The SMILES string of the molecule is Cc1ccc(-c2cnc3c(ccc4c(-c5ccc(N6CCCC6)cc5)c(-c5ccc(C)cc5)cnc43)c2-c2ccc(N3CCCC3)cc2)cc1. The second-order valence-corrected chi connectivity index (χ2v) is 14.2. The molecule has 0 saturated carbocycles. The van der Waals surface area contributed by atoms with E-state index in [0.29, 0.717) is 0 Å². The summed E-state index contributed by atoms with van der Waals surface area (Å²) in [6, 6.07) is 40.6. The number of anilines is 2. The fraction of sp³-hybridized carbons (Fsp3) is 0.217. The largest absolute Gasteiger partial charge is 0.372 e. The molecule has 0 amide bonds. The summed E-state index contributed by atoms with van der Waals surface area (Å²) in [5.41, 5.74) is 16.4. The zero-order valence-electron chi connectivity index (χ0n) is 29.0. The van der Waals surface area contributed by atoms with Crippen LogP contribution in [0.2, 0.25) is 0 Å². The molecule has 0 unspecified atom stereocenters. The van der Waals surface area contributed by atoms with Gasteiger partial charge in [-0.25, -0.2) is 0 Å². The lowest BCUT2D eigenvalue weighted by atomic mass is 9.89. The van der Waals surface area contributed by atoms with Gasteiger partial charge in [-0.05, 0) is 86.1 Å². The first-order valence-electron chi connectivity index (χ1n) is 18.2. The number of nitrogens with zero attached hydrogens (tertiary/aromatic N) is 4. The van der Waals surface area contributed by atoms with E-state index in [0.717, 1.165) is 59.1 Å². The molecule has 4 heterocycles. The highest BCUT2D eigenvalue weighted by atomic mass is 15.1. The zero-order chi connectivity index (χ0) is 33.6. The van der Waals surface area contributed by atoms with E-state index in [1.807, 2.05) is 0 Å². The molecule has 2 aliphatic heterocycles. The van der Waals surface area contributed by atoms with E-state index >= 15 is 0 Å². The van der Waals surface area contributed by atoms with Crippen LogP contribution in [0.4, 0.5) is 11.4 Å². The van der Waals surface area contributed by atoms with Crippen LogP contribution in [0.15, 0.2) is 122 Å². The summed E-state index contributed by atoms with van der Waals surface area (Å²) < 4.78 is 0. The average molecular weight is 651 g/mol. The lowest BCUT2D eigenvalue weighted by molar-refractivity contribution is 0.949. The molecule has 0 atom stereocenters. The monoisotopic (exact) mass is 650 g/mol. The van der Waals surface area contributed by atoms with E-state index in [1.165, 1.54) is 81.6 Å². The fourth-order valence-corrected chi connectivity index (χ4v) is 8.08. The molecule has 5 aromatic carbocycles. The Morgan fingerprint density at radius 3 is 1.10 bits per heavy atom. The number of hydrogen-bond donors (Lipinski definition) is 0. The normalized spacial score (nSPS) is 14.7. The van der Waals surface area contributed by atoms with Crippen molar-refractivity contribution in [2.45, 2.75) is 39.5 Å². The summed E-state index contributed by atoms with van der Waals surface area (Å²) >= 11 is 0. The van der Waals surface area contributed by atoms with Gasteiger partial charge in [-0.1, -0.05) is 96.1 Å². The summed E-state index contributed by atoms with van der Waals surface area (Å²) in [6.45, 7) is 8.83. The quantitative estimate of drug-likeness (QED) is 0.168. The highest BCUT2D eigenvalue weighted by Gasteiger charge is 2.21. The molecule has 2 saturated heterocycles. The average Bonchev–Trinajstić information content (AvgIpc) is 3.91. The Morgan fingerprint density at radius 1 is 0.400 bits per heavy atom. The first kappa shape index (κ1) is 30.6. The standard InChI is InChI=1S/C46H42N4/c1-31-7-11-33(12-8-31)41-29-47-45-39(43(41)35-15-19-37(20-16-35)49-25-3-4-26-49)23-24-40-44(36-17-21-38(22-18-36)50-27-5-6-28-50)42(30-48-46(40)45)34-13-9-32(2)10-14-34/h7-24,29-30H,3-6,25-28H2,1-2H3. The van der Waals surface area contributed by atoms with Crippen LogP contribution >= 0.6 is 0 Å². The molecule has 0 spiro atoms. The molecule has 4 nitrogen and oxygen atoms in total. The second kappa shape index (κ2) is 12.8. The van der Waals surface area contributed by atoms with E-state index in [4.69, 9.17) is 9.97 Å². The van der Waals surface area contributed by atoms with Crippen molar-refractivity contribution in [2.75, 3.05) is 36.0 Å². The van der Waals surface area contributed by atoms with Gasteiger partial charge >= 0.3 is 0 Å². The van der Waals surface area contributed by atoms with E-state index in [2.05, 4.69) is 145 Å². The number of hydrogen-bond acceptors (Lipinski definition) is 4. The summed E-state index contributed by atoms with van der Waals surface area (Å²) in [4.78, 5) is 15.4. The minimum Gasteiger partial charge on any atom is -0.372 e. The number of aromatic nitrogens is 2. The second-order valence-electron chi connectivity index (χ2n) is 14.2. The smallest absolute Gasteiger partial charge is 0.0971 e. The van der Waals surface area contributed by atoms with Gasteiger partial charge in [0.25, 0.3) is 0 Å². The molecule has 0 N–H and O–H groups in total. The van der Waals surface area contributed by atoms with Gasteiger partial charge in [-0.3, -0.25) is 9.97 Å². The van der Waals surface area contributed by atoms with Crippen molar-refractivity contribution in [2.24, 2.45) is 0 Å². The Bertz CT molecular complexity index is 2140. The molecule has 246 valence electrons. The molecule has 2 aromatic heterocycles. The highest BCUT2D eigenvalue weighted by Crippen LogP contribution is 2.43. The summed E-state index contributed by atoms with van der Waals surface area (Å²) in [7, 11) is 0. The van der Waals surface area contributed by atoms with Crippen molar-refractivity contribution < 1.29 is 0 Å². The highest BCUT2D eigenvalue weighted by molar-refractivity contribution is 6.16. The number of aryl methyl sites for hydroxylation is 2. The third kappa shape index (κ3) is 5.49. The predicted molar refractivity (Wildman–Crippen MR) is 211 cm³/mol. The van der Waals surface area contributed by atoms with E-state index in [-0.39, 0.29) is 0 Å². The van der Waals surface area contributed by atoms with E-state index in [1.54, 1.807) is 0 Å². The van der Waals surface area contributed by atoms with E-state index in [9.17, 15) is 0 Å². The number of fused-ring (bicyclic) bond motifs is 3. The zero-order valence-corrected chi connectivity index (χ0v) is 29.0. The molecule has 9 rings (SSSR count). The van der Waals surface area contributed by atoms with Crippen molar-refractivity contribution >= 4 is 33.2 Å². The van der Waals surface area contributed by atoms with Gasteiger partial charge in [0.2, 0.25) is 0 Å². The summed E-state index contributed by atoms with van der Waals surface area (Å²) in [5.74, 6) is 0. The molecule has 7 aromatic rings. The number of benzene rings is 5. The molecule has 0 radical (unpaired) electrons. The molecular weight excluding hydrogens is 609 g/mol. The maximum absolute atomic E-state index is 5.21. The van der Waals surface area contributed by atoms with Crippen LogP contribution in [0.3, 0.4) is 0 Å². The third-order valence-corrected chi connectivity index (χ3v) is 10.9. The minimum absolute atomic E-state index is 0.933. The van der Waals surface area contributed by atoms with Crippen molar-refractivity contribution in [1.29, 1.82) is 0 Å². The van der Waals surface area contributed by atoms with Gasteiger partial charge in [0.1, 0.15) is 0 Å². The molecule has 4 heteroatoms. The summed E-state index contributed by atoms with van der Waals surface area (Å²) in [5, 5.41) is 2.24. The Labute approximate surface area is 295 Å². The first-order valence-corrected chi connectivity index (χ1v) is 18.2. The first-order chi connectivity index (χ1) is 24.6. The molecule has 2 fully saturated rings. The third-order valence-electron chi connectivity index (χ3n) is 10.9. The molecular formula is C46H42N4. The van der Waals surface area contributed by atoms with Gasteiger partial charge in [-0.2, -0.15) is 0 Å². The molecule has 0 aliphatic carbocycles. The van der Waals surface area contributed by atoms with E-state index < -0.39 is 0 Å². The lowest BCUT2D eigenvalue weighted by Crippen LogP contribution is -2.17. The van der Waals surface area contributed by atoms with Crippen LogP contribution in [0.1, 0.15) is 36.8 Å². The van der Waals surface area contributed by atoms with Gasteiger partial charge in [0.05, 0.1) is 11.0 Å². The van der Waals surface area contributed by atoms with Crippen LogP contribution in [0.25, 0.3) is 66.3 Å². The topological polar surface area (TPSA) is 32.3 Å². The number of rotatable bonds is 6. The van der Waals surface area contributed by atoms with Crippen LogP contribution < -0.4 is 9.80 Å². The Morgan fingerprint density at radius 2 is 0.740 bits per heavy atom. The van der Waals surface area contributed by atoms with Crippen molar-refractivity contribution in [3.05, 3.63) is 133 Å². The van der Waals surface area contributed by atoms with Crippen LogP contribution in [-0.4, -0.2) is 36.1 Å². The van der Waals surface area contributed by atoms with Gasteiger partial charge < -0.3 is 9.80 Å². The van der Waals surface area contributed by atoms with Crippen LogP contribution in [0.5, 0.6) is 0 Å². The Kier molecular flexibility index (Phi) is 7.80. The summed E-state index contributed by atoms with van der Waals surface area (Å²) in [6.07, 6.45) is 9.21. The molecule has 0 bridgehead atoms. The Hall–Kier alpha value is -5.48. The van der Waals surface area contributed by atoms with Crippen molar-refractivity contribution in [1.82, 2.24) is 9.97 Å². The minimum atomic E-state index is 0.933. The van der Waals surface area contributed by atoms with Crippen LogP contribution in [-0.2, 0) is 0 Å². The van der Waals surface area contributed by atoms with Gasteiger partial charge in [0, 0.05) is 83.0 Å². The maximum Gasteiger partial charge on any atom is 0.0971 e. The van der Waals surface area contributed by atoms with Gasteiger partial charge in [-0.15, -0.1) is 0 Å². The Balaban J connectivity index is 1.26. The fourth-order valence-electron chi connectivity index (χ4n) is 8.08. The molecule has 50 heavy (non-hydrogen) atoms. The maximum atomic E-state index is 5.21. The van der Waals surface area contributed by atoms with Crippen LogP contribution in [0, 0.1) is 13.8 Å². The predicted octanol–water partition coefficient (Wildman–Crippen LogP) is 11.3. The lowest BCUT2D eigenvalue weighted by Gasteiger charge is -2.20. The van der Waals surface area contributed by atoms with Crippen molar-refractivity contribution in [3.8, 4) is 44.5 Å². The van der Waals surface area contributed by atoms with Crippen molar-refractivity contribution in [3.63, 3.8) is 0 Å². The van der Waals surface area contributed by atoms with Gasteiger partial charge in [0.15, 0.2) is 0 Å². The molecule has 2 aliphatic rings.